The molecule has 5 heteroatoms. The quantitative estimate of drug-likeness (QED) is 0.562. The molecule has 0 unspecified atom stereocenters. The van der Waals surface area contributed by atoms with Gasteiger partial charge in [0.1, 0.15) is 17.0 Å². The van der Waals surface area contributed by atoms with Crippen LogP contribution in [0.5, 0.6) is 5.75 Å². The van der Waals surface area contributed by atoms with Crippen molar-refractivity contribution in [2.24, 2.45) is 5.92 Å². The van der Waals surface area contributed by atoms with Crippen LogP contribution in [-0.2, 0) is 6.54 Å². The highest BCUT2D eigenvalue weighted by atomic mass is 16.5. The van der Waals surface area contributed by atoms with E-state index in [9.17, 15) is 4.79 Å². The van der Waals surface area contributed by atoms with Crippen molar-refractivity contribution in [2.75, 3.05) is 7.11 Å². The first-order chi connectivity index (χ1) is 13.6. The third kappa shape index (κ3) is 3.66. The maximum absolute atomic E-state index is 12.8. The molecule has 1 aliphatic rings. The predicted molar refractivity (Wildman–Crippen MR) is 112 cm³/mol. The zero-order valence-electron chi connectivity index (χ0n) is 16.9. The van der Waals surface area contributed by atoms with Crippen molar-refractivity contribution in [1.29, 1.82) is 0 Å². The number of unbranched alkanes of at least 4 members (excludes halogenated alkanes) is 1. The molecule has 0 radical (unpaired) electrons. The Hall–Kier alpha value is -2.69. The number of pyridine rings is 1. The van der Waals surface area contributed by atoms with E-state index in [4.69, 9.17) is 4.74 Å². The molecule has 1 fully saturated rings. The molecule has 3 aromatic rings. The number of aromatic nitrogens is 3. The second kappa shape index (κ2) is 7.74. The molecule has 28 heavy (non-hydrogen) atoms. The molecule has 4 rings (SSSR count). The Kier molecular flexibility index (Phi) is 5.16. The number of hydrogen-bond acceptors (Lipinski definition) is 4. The van der Waals surface area contributed by atoms with Crippen LogP contribution < -0.4 is 10.3 Å². The predicted octanol–water partition coefficient (Wildman–Crippen LogP) is 4.66. The number of rotatable bonds is 7. The molecular weight excluding hydrogens is 350 g/mol. The Balaban J connectivity index is 1.75. The molecule has 0 amide bonds. The molecule has 0 spiro atoms. The van der Waals surface area contributed by atoms with Crippen molar-refractivity contribution >= 4 is 11.2 Å². The highest BCUT2D eigenvalue weighted by Crippen LogP contribution is 2.34. The van der Waals surface area contributed by atoms with E-state index in [1.807, 2.05) is 28.8 Å². The van der Waals surface area contributed by atoms with Gasteiger partial charge < -0.3 is 4.74 Å². The molecule has 5 nitrogen and oxygen atoms in total. The van der Waals surface area contributed by atoms with E-state index in [1.165, 1.54) is 19.3 Å². The Morgan fingerprint density at radius 2 is 1.96 bits per heavy atom. The Morgan fingerprint density at radius 1 is 1.14 bits per heavy atom. The van der Waals surface area contributed by atoms with Crippen molar-refractivity contribution in [2.45, 2.75) is 52.5 Å². The van der Waals surface area contributed by atoms with Gasteiger partial charge in [-0.3, -0.25) is 9.36 Å². The van der Waals surface area contributed by atoms with E-state index in [0.29, 0.717) is 17.9 Å². The third-order valence-corrected chi connectivity index (χ3v) is 5.66. The van der Waals surface area contributed by atoms with Gasteiger partial charge in [-0.15, -0.1) is 0 Å². The topological polar surface area (TPSA) is 57.0 Å². The fourth-order valence-electron chi connectivity index (χ4n) is 3.86. The number of nitrogens with zero attached hydrogens (tertiary/aromatic N) is 3. The Bertz CT molecular complexity index is 1070. The summed E-state index contributed by atoms with van der Waals surface area (Å²) >= 11 is 0. The first kappa shape index (κ1) is 18.7. The van der Waals surface area contributed by atoms with Crippen molar-refractivity contribution < 1.29 is 4.74 Å². The first-order valence-electron chi connectivity index (χ1n) is 10.1. The second-order valence-electron chi connectivity index (χ2n) is 7.80. The number of aryl methyl sites for hydroxylation is 3. The zero-order chi connectivity index (χ0) is 19.7. The van der Waals surface area contributed by atoms with Crippen LogP contribution in [0.2, 0.25) is 0 Å². The fraction of sp³-hybridized carbons (Fsp3) is 0.435. The van der Waals surface area contributed by atoms with E-state index < -0.39 is 0 Å². The van der Waals surface area contributed by atoms with Gasteiger partial charge in [-0.1, -0.05) is 31.7 Å². The lowest BCUT2D eigenvalue weighted by Gasteiger charge is -2.14. The molecule has 0 N–H and O–H groups in total. The van der Waals surface area contributed by atoms with Gasteiger partial charge in [0, 0.05) is 18.3 Å². The zero-order valence-corrected chi connectivity index (χ0v) is 16.9. The van der Waals surface area contributed by atoms with Crippen LogP contribution in [0, 0.1) is 19.8 Å². The molecule has 0 aliphatic heterocycles. The number of fused-ring (bicyclic) bond motifs is 1. The first-order valence-corrected chi connectivity index (χ1v) is 10.1. The van der Waals surface area contributed by atoms with Crippen molar-refractivity contribution in [3.8, 4) is 16.9 Å². The standard InChI is InChI=1S/C23H27N3O2/c1-15-14-18(28-3)9-10-19(15)20-11-12-24-22-21(20)25-16(2)23(27)26(22)13-5-4-6-17-7-8-17/h9-12,14,17H,4-8,13H2,1-3H3. The lowest BCUT2D eigenvalue weighted by Crippen LogP contribution is -2.25. The number of hydrogen-bond donors (Lipinski definition) is 0. The van der Waals surface area contributed by atoms with E-state index in [0.717, 1.165) is 46.7 Å². The molecule has 1 aromatic carbocycles. The highest BCUT2D eigenvalue weighted by molar-refractivity contribution is 5.90. The summed E-state index contributed by atoms with van der Waals surface area (Å²) in [5.41, 5.74) is 5.14. The van der Waals surface area contributed by atoms with E-state index in [1.54, 1.807) is 20.2 Å². The minimum atomic E-state index is -0.0324. The summed E-state index contributed by atoms with van der Waals surface area (Å²) in [6.45, 7) is 4.55. The van der Waals surface area contributed by atoms with Gasteiger partial charge in [-0.2, -0.15) is 0 Å². The molecular formula is C23H27N3O2. The van der Waals surface area contributed by atoms with E-state index >= 15 is 0 Å². The van der Waals surface area contributed by atoms with Gasteiger partial charge in [0.2, 0.25) is 0 Å². The molecule has 1 aliphatic carbocycles. The Morgan fingerprint density at radius 3 is 2.68 bits per heavy atom. The van der Waals surface area contributed by atoms with Gasteiger partial charge in [-0.05, 0) is 55.5 Å². The molecule has 1 saturated carbocycles. The van der Waals surface area contributed by atoms with Gasteiger partial charge in [0.05, 0.1) is 7.11 Å². The highest BCUT2D eigenvalue weighted by Gasteiger charge is 2.20. The van der Waals surface area contributed by atoms with Gasteiger partial charge >= 0.3 is 0 Å². The largest absolute Gasteiger partial charge is 0.497 e. The monoisotopic (exact) mass is 377 g/mol. The SMILES string of the molecule is COc1ccc(-c2ccnc3c2nc(C)c(=O)n3CCCCC2CC2)c(C)c1. The van der Waals surface area contributed by atoms with Crippen LogP contribution in [0.15, 0.2) is 35.3 Å². The summed E-state index contributed by atoms with van der Waals surface area (Å²) in [6, 6.07) is 7.99. The van der Waals surface area contributed by atoms with Crippen molar-refractivity contribution in [3.63, 3.8) is 0 Å². The van der Waals surface area contributed by atoms with Crippen LogP contribution in [-0.4, -0.2) is 21.6 Å². The van der Waals surface area contributed by atoms with Crippen molar-refractivity contribution in [3.05, 3.63) is 52.1 Å². The summed E-state index contributed by atoms with van der Waals surface area (Å²) < 4.78 is 7.14. The summed E-state index contributed by atoms with van der Waals surface area (Å²) in [5.74, 6) is 1.76. The van der Waals surface area contributed by atoms with Crippen LogP contribution >= 0.6 is 0 Å². The third-order valence-electron chi connectivity index (χ3n) is 5.66. The van der Waals surface area contributed by atoms with Crippen LogP contribution in [0.25, 0.3) is 22.3 Å². The minimum Gasteiger partial charge on any atom is -0.497 e. The smallest absolute Gasteiger partial charge is 0.273 e. The molecule has 0 bridgehead atoms. The van der Waals surface area contributed by atoms with Crippen LogP contribution in [0.4, 0.5) is 0 Å². The molecule has 146 valence electrons. The second-order valence-corrected chi connectivity index (χ2v) is 7.80. The van der Waals surface area contributed by atoms with E-state index in [-0.39, 0.29) is 5.56 Å². The Labute approximate surface area is 165 Å². The maximum Gasteiger partial charge on any atom is 0.273 e. The fourth-order valence-corrected chi connectivity index (χ4v) is 3.86. The lowest BCUT2D eigenvalue weighted by atomic mass is 10.00. The number of ether oxygens (including phenoxy) is 1. The van der Waals surface area contributed by atoms with Gasteiger partial charge in [-0.25, -0.2) is 9.97 Å². The van der Waals surface area contributed by atoms with Crippen LogP contribution in [0.1, 0.15) is 43.4 Å². The van der Waals surface area contributed by atoms with Gasteiger partial charge in [0.15, 0.2) is 5.65 Å². The average molecular weight is 377 g/mol. The summed E-state index contributed by atoms with van der Waals surface area (Å²) in [5, 5.41) is 0. The summed E-state index contributed by atoms with van der Waals surface area (Å²) in [7, 11) is 1.67. The molecule has 2 aromatic heterocycles. The molecule has 0 atom stereocenters. The normalized spacial score (nSPS) is 13.8. The summed E-state index contributed by atoms with van der Waals surface area (Å²) in [4.78, 5) is 21.9. The maximum atomic E-state index is 12.8. The average Bonchev–Trinajstić information content (AvgIpc) is 3.52. The van der Waals surface area contributed by atoms with Crippen LogP contribution in [0.3, 0.4) is 0 Å². The minimum absolute atomic E-state index is 0.0324. The molecule has 0 saturated heterocycles. The number of methoxy groups -OCH3 is 1. The van der Waals surface area contributed by atoms with Crippen molar-refractivity contribution in [1.82, 2.24) is 14.5 Å². The van der Waals surface area contributed by atoms with E-state index in [2.05, 4.69) is 16.9 Å². The molecule has 2 heterocycles. The summed E-state index contributed by atoms with van der Waals surface area (Å²) in [6.07, 6.45) is 7.98. The number of benzene rings is 1. The van der Waals surface area contributed by atoms with Gasteiger partial charge in [0.25, 0.3) is 5.56 Å². The lowest BCUT2D eigenvalue weighted by molar-refractivity contribution is 0.414.